The number of allylic oxidation sites excluding steroid dienone is 1. The molecule has 1 aromatic rings. The number of ether oxygens (including phenoxy) is 1. The van der Waals surface area contributed by atoms with E-state index in [9.17, 15) is 27.8 Å². The van der Waals surface area contributed by atoms with Gasteiger partial charge in [0.2, 0.25) is 12.3 Å². The minimum absolute atomic E-state index is 0.122. The first-order valence-corrected chi connectivity index (χ1v) is 18.9. The van der Waals surface area contributed by atoms with E-state index in [0.717, 1.165) is 81.9 Å². The molecule has 12 nitrogen and oxygen atoms in total. The molecule has 3 atom stereocenters. The predicted molar refractivity (Wildman–Crippen MR) is 199 cm³/mol. The lowest BCUT2D eigenvalue weighted by atomic mass is 10.1. The number of alkyl halides is 1. The van der Waals surface area contributed by atoms with Crippen LogP contribution in [0.25, 0.3) is 0 Å². The second kappa shape index (κ2) is 28.0. The third kappa shape index (κ3) is 20.7. The first kappa shape index (κ1) is 47.4. The Kier molecular flexibility index (Phi) is 26.0. The van der Waals surface area contributed by atoms with Gasteiger partial charge in [-0.2, -0.15) is 0 Å². The Morgan fingerprint density at radius 3 is 2.33 bits per heavy atom. The Balaban J connectivity index is 0.000000975. The first-order valence-electron chi connectivity index (χ1n) is 17.7. The van der Waals surface area contributed by atoms with Crippen molar-refractivity contribution in [3.8, 4) is 0 Å². The van der Waals surface area contributed by atoms with Crippen LogP contribution >= 0.6 is 0 Å². The summed E-state index contributed by atoms with van der Waals surface area (Å²) in [5.41, 5.74) is 1.66. The zero-order valence-electron chi connectivity index (χ0n) is 31.2. The van der Waals surface area contributed by atoms with E-state index >= 15 is 0 Å². The third-order valence-electron chi connectivity index (χ3n) is 8.28. The van der Waals surface area contributed by atoms with E-state index in [4.69, 9.17) is 9.90 Å². The highest BCUT2D eigenvalue weighted by atomic mass is 32.2. The number of benzene rings is 1. The van der Waals surface area contributed by atoms with Gasteiger partial charge in [-0.3, -0.25) is 14.4 Å². The van der Waals surface area contributed by atoms with Crippen LogP contribution in [0, 0.1) is 12.8 Å². The van der Waals surface area contributed by atoms with Crippen LogP contribution in [-0.4, -0.2) is 94.6 Å². The number of nitrogens with zero attached hydrogens (tertiary/aromatic N) is 2. The minimum Gasteiger partial charge on any atom is -0.465 e. The molecule has 1 aromatic carbocycles. The maximum Gasteiger partial charge on any atom is 0.407 e. The average molecular weight is 741 g/mol. The molecule has 0 saturated heterocycles. The van der Waals surface area contributed by atoms with Crippen molar-refractivity contribution in [2.75, 3.05) is 26.9 Å². The molecule has 0 spiro atoms. The number of nitrogens with one attached hydrogen (secondary N) is 2. The van der Waals surface area contributed by atoms with Gasteiger partial charge in [0.15, 0.2) is 0 Å². The topological polar surface area (TPSA) is 162 Å². The molecule has 2 unspecified atom stereocenters. The minimum atomic E-state index is -1.05. The van der Waals surface area contributed by atoms with Crippen molar-refractivity contribution >= 4 is 42.7 Å². The maximum atomic E-state index is 12.4. The number of halogens is 1. The number of hydrogen-bond donors (Lipinski definition) is 3. The molecule has 2 saturated carbocycles. The third-order valence-corrected chi connectivity index (χ3v) is 9.92. The van der Waals surface area contributed by atoms with Crippen LogP contribution in [-0.2, 0) is 41.4 Å². The van der Waals surface area contributed by atoms with Crippen molar-refractivity contribution in [1.29, 1.82) is 0 Å². The summed E-state index contributed by atoms with van der Waals surface area (Å²) in [4.78, 5) is 54.3. The highest BCUT2D eigenvalue weighted by Gasteiger charge is 2.54. The lowest BCUT2D eigenvalue weighted by Crippen LogP contribution is -2.47. The van der Waals surface area contributed by atoms with E-state index in [1.807, 2.05) is 42.9 Å². The number of aryl methyl sites for hydroxylation is 1. The van der Waals surface area contributed by atoms with Crippen molar-refractivity contribution in [2.24, 2.45) is 5.92 Å². The van der Waals surface area contributed by atoms with Gasteiger partial charge in [-0.1, -0.05) is 62.6 Å². The van der Waals surface area contributed by atoms with Gasteiger partial charge in [0.25, 0.3) is 6.47 Å². The normalized spacial score (nSPS) is 17.7. The molecular formula is C37H61FN4O8S. The molecule has 0 radical (unpaired) electrons. The molecule has 51 heavy (non-hydrogen) atoms. The molecule has 2 aliphatic rings. The number of carbonyl (C=O) groups excluding carboxylic acids is 4. The lowest BCUT2D eigenvalue weighted by Gasteiger charge is -2.26. The molecule has 3 rings (SSSR count). The summed E-state index contributed by atoms with van der Waals surface area (Å²) in [6.07, 6.45) is 15.1. The zero-order valence-corrected chi connectivity index (χ0v) is 32.0. The fourth-order valence-electron chi connectivity index (χ4n) is 4.98. The molecule has 290 valence electrons. The molecular weight excluding hydrogens is 679 g/mol. The van der Waals surface area contributed by atoms with Crippen LogP contribution in [0.3, 0.4) is 0 Å². The van der Waals surface area contributed by atoms with Crippen LogP contribution in [0.4, 0.5) is 9.18 Å². The SMILES string of the molecule is C=O.CCCCN(C(=O)CCCCCC/C=C\[C@@H]1CC1(NC=O)NS(=O)C1CC1)C(C)C.Cc1ccccc1CN(C)C(=O)O.O=COCCF. The van der Waals surface area contributed by atoms with E-state index in [2.05, 4.69) is 47.7 Å². The fourth-order valence-corrected chi connectivity index (χ4v) is 6.37. The summed E-state index contributed by atoms with van der Waals surface area (Å²) in [7, 11) is 0.513. The van der Waals surface area contributed by atoms with Crippen LogP contribution in [0.5, 0.6) is 0 Å². The number of hydrogen-bond acceptors (Lipinski definition) is 7. The Bertz CT molecular complexity index is 1200. The maximum absolute atomic E-state index is 12.4. The van der Waals surface area contributed by atoms with Crippen molar-refractivity contribution in [3.05, 3.63) is 47.5 Å². The van der Waals surface area contributed by atoms with Gasteiger partial charge in [0.05, 0.1) is 11.0 Å². The van der Waals surface area contributed by atoms with E-state index in [1.165, 1.54) is 4.90 Å². The standard InChI is InChI=1S/C23H41N3O3S.C10H13NO2.C3H5FO2.CH2O/c1-4-5-16-26(19(2)3)22(28)13-11-9-7-6-8-10-12-20-17-23(20,24-18-27)25-30(29)21-14-15-21;1-8-5-3-4-6-9(8)7-11(2)10(12)13;4-1-2-6-3-5;1-2/h10,12,18-21,25H,4-9,11,13-17H2,1-3H3,(H,24,27);3-6H,7H2,1-2H3,(H,12,13);3H,1-2H2;1H2/b12-10-;;;/t20-,23?,30?;;;/m1.../s1. The summed E-state index contributed by atoms with van der Waals surface area (Å²) in [6.45, 7) is 11.2. The van der Waals surface area contributed by atoms with Gasteiger partial charge >= 0.3 is 6.09 Å². The second-order valence-corrected chi connectivity index (χ2v) is 14.2. The van der Waals surface area contributed by atoms with Crippen molar-refractivity contribution < 1.29 is 42.4 Å². The summed E-state index contributed by atoms with van der Waals surface area (Å²) in [6, 6.07) is 8.06. The van der Waals surface area contributed by atoms with Gasteiger partial charge < -0.3 is 29.8 Å². The smallest absolute Gasteiger partial charge is 0.407 e. The van der Waals surface area contributed by atoms with Crippen molar-refractivity contribution in [1.82, 2.24) is 19.8 Å². The van der Waals surface area contributed by atoms with Crippen molar-refractivity contribution in [3.63, 3.8) is 0 Å². The zero-order chi connectivity index (χ0) is 38.7. The van der Waals surface area contributed by atoms with Gasteiger partial charge in [0.1, 0.15) is 25.7 Å². The second-order valence-electron chi connectivity index (χ2n) is 12.8. The molecule has 14 heteroatoms. The van der Waals surface area contributed by atoms with E-state index in [-0.39, 0.29) is 30.3 Å². The van der Waals surface area contributed by atoms with Crippen LogP contribution in [0.1, 0.15) is 103 Å². The highest BCUT2D eigenvalue weighted by molar-refractivity contribution is 7.84. The quantitative estimate of drug-likeness (QED) is 0.0578. The molecule has 0 heterocycles. The largest absolute Gasteiger partial charge is 0.465 e. The van der Waals surface area contributed by atoms with E-state index in [0.29, 0.717) is 25.3 Å². The molecule has 2 fully saturated rings. The van der Waals surface area contributed by atoms with Crippen molar-refractivity contribution in [2.45, 2.75) is 122 Å². The lowest BCUT2D eigenvalue weighted by molar-refractivity contribution is -0.133. The molecule has 0 aliphatic heterocycles. The predicted octanol–water partition coefficient (Wildman–Crippen LogP) is 5.85. The molecule has 2 aliphatic carbocycles. The Hall–Kier alpha value is -3.65. The van der Waals surface area contributed by atoms with E-state index in [1.54, 1.807) is 7.05 Å². The molecule has 0 bridgehead atoms. The van der Waals surface area contributed by atoms with Gasteiger partial charge in [-0.15, -0.1) is 0 Å². The van der Waals surface area contributed by atoms with Crippen LogP contribution in [0.15, 0.2) is 36.4 Å². The van der Waals surface area contributed by atoms with Gasteiger partial charge in [0, 0.05) is 43.8 Å². The molecule has 0 aromatic heterocycles. The van der Waals surface area contributed by atoms with E-state index < -0.39 is 29.4 Å². The number of unbranched alkanes of at least 4 members (excludes halogenated alkanes) is 5. The average Bonchev–Trinajstić information content (AvgIpc) is 4.05. The van der Waals surface area contributed by atoms with Crippen LogP contribution in [0.2, 0.25) is 0 Å². The molecule has 3 N–H and O–H groups in total. The summed E-state index contributed by atoms with van der Waals surface area (Å²) in [5.74, 6) is 0.510. The highest BCUT2D eigenvalue weighted by Crippen LogP contribution is 2.43. The monoisotopic (exact) mass is 740 g/mol. The van der Waals surface area contributed by atoms with Gasteiger partial charge in [-0.05, 0) is 76.8 Å². The number of carboxylic acid groups (broad SMARTS) is 1. The van der Waals surface area contributed by atoms with Crippen LogP contribution < -0.4 is 10.0 Å². The number of carbonyl (C=O) groups is 5. The fraction of sp³-hybridized carbons (Fsp3) is 0.649. The summed E-state index contributed by atoms with van der Waals surface area (Å²) >= 11 is 0. The Morgan fingerprint density at radius 2 is 1.80 bits per heavy atom. The number of amides is 3. The summed E-state index contributed by atoms with van der Waals surface area (Å²) in [5, 5.41) is 11.8. The Morgan fingerprint density at radius 1 is 1.14 bits per heavy atom. The number of rotatable bonds is 22. The molecule has 3 amide bonds. The Labute approximate surface area is 306 Å². The summed E-state index contributed by atoms with van der Waals surface area (Å²) < 4.78 is 30.1. The first-order chi connectivity index (χ1) is 24.5. The van der Waals surface area contributed by atoms with Gasteiger partial charge in [-0.25, -0.2) is 18.1 Å².